The molecule has 0 aliphatic carbocycles. The molecule has 0 aliphatic rings. The first-order chi connectivity index (χ1) is 19.1. The number of hydrogen-bond acceptors (Lipinski definition) is 7. The van der Waals surface area contributed by atoms with Gasteiger partial charge in [0, 0.05) is 18.0 Å². The Morgan fingerprint density at radius 1 is 0.872 bits per heavy atom. The van der Waals surface area contributed by atoms with Gasteiger partial charge in [-0.15, -0.1) is 15.3 Å². The average molecular weight is 519 g/mol. The van der Waals surface area contributed by atoms with Crippen molar-refractivity contribution in [2.24, 2.45) is 0 Å². The van der Waals surface area contributed by atoms with Crippen molar-refractivity contribution in [1.82, 2.24) is 40.4 Å². The van der Waals surface area contributed by atoms with Crippen molar-refractivity contribution in [3.05, 3.63) is 106 Å². The normalized spacial score (nSPS) is 11.4. The van der Waals surface area contributed by atoms with Gasteiger partial charge in [0.15, 0.2) is 5.52 Å². The van der Waals surface area contributed by atoms with E-state index in [0.29, 0.717) is 35.9 Å². The van der Waals surface area contributed by atoms with Gasteiger partial charge in [-0.25, -0.2) is 10.1 Å². The van der Waals surface area contributed by atoms with Gasteiger partial charge in [0.2, 0.25) is 5.82 Å². The topological polar surface area (TPSA) is 127 Å². The number of hydrogen-bond donors (Lipinski definition) is 2. The highest BCUT2D eigenvalue weighted by molar-refractivity contribution is 5.81. The van der Waals surface area contributed by atoms with E-state index in [-0.39, 0.29) is 11.5 Å². The maximum atomic E-state index is 13.0. The summed E-state index contributed by atoms with van der Waals surface area (Å²) in [6.07, 6.45) is 0. The second-order valence-electron chi connectivity index (χ2n) is 9.52. The molecule has 0 spiro atoms. The van der Waals surface area contributed by atoms with Crippen LogP contribution in [0.1, 0.15) is 36.7 Å². The van der Waals surface area contributed by atoms with Crippen LogP contribution in [-0.4, -0.2) is 40.4 Å². The van der Waals surface area contributed by atoms with Gasteiger partial charge in [0.1, 0.15) is 17.9 Å². The quantitative estimate of drug-likeness (QED) is 0.298. The molecule has 0 saturated heterocycles. The summed E-state index contributed by atoms with van der Waals surface area (Å²) in [5, 5.41) is 21.2. The van der Waals surface area contributed by atoms with E-state index < -0.39 is 0 Å². The first-order valence-corrected chi connectivity index (χ1v) is 12.7. The van der Waals surface area contributed by atoms with Crippen molar-refractivity contribution in [3.63, 3.8) is 0 Å². The fourth-order valence-corrected chi connectivity index (χ4v) is 4.66. The van der Waals surface area contributed by atoms with Crippen molar-refractivity contribution < 1.29 is 4.74 Å². The van der Waals surface area contributed by atoms with E-state index in [1.807, 2.05) is 59.2 Å². The second kappa shape index (κ2) is 10.3. The van der Waals surface area contributed by atoms with Gasteiger partial charge in [0.05, 0.1) is 0 Å². The standard InChI is InChI=1S/C29H26N8O2/c1-18(2)27-30-24-25(28(38)33-34-29(24)39-17-20-8-4-3-5-9-20)37(27)16-19-12-14-21(15-13-19)22-10-6-7-11-23(22)26-31-35-36-32-26/h3-15,18H,16-17H2,1-2H3,(H,33,38)(H,31,32,35,36). The number of nitrogens with zero attached hydrogens (tertiary/aromatic N) is 6. The molecule has 0 amide bonds. The fraction of sp³-hybridized carbons (Fsp3) is 0.172. The summed E-state index contributed by atoms with van der Waals surface area (Å²) in [5.41, 5.74) is 5.56. The molecule has 0 aliphatic heterocycles. The lowest BCUT2D eigenvalue weighted by Gasteiger charge is -2.12. The molecular formula is C29H26N8O2. The number of aromatic amines is 2. The minimum atomic E-state index is -0.304. The second-order valence-corrected chi connectivity index (χ2v) is 9.52. The van der Waals surface area contributed by atoms with E-state index in [1.165, 1.54) is 0 Å². The van der Waals surface area contributed by atoms with E-state index in [0.717, 1.165) is 33.6 Å². The number of benzene rings is 3. The Kier molecular flexibility index (Phi) is 6.42. The molecule has 6 aromatic rings. The molecule has 10 heteroatoms. The van der Waals surface area contributed by atoms with Crippen molar-refractivity contribution in [2.75, 3.05) is 0 Å². The third kappa shape index (κ3) is 4.79. The van der Waals surface area contributed by atoms with Crippen molar-refractivity contribution >= 4 is 11.0 Å². The first kappa shape index (κ1) is 24.2. The number of fused-ring (bicyclic) bond motifs is 1. The van der Waals surface area contributed by atoms with Gasteiger partial charge in [-0.2, -0.15) is 5.21 Å². The zero-order valence-electron chi connectivity index (χ0n) is 21.5. The van der Waals surface area contributed by atoms with Gasteiger partial charge in [-0.1, -0.05) is 92.7 Å². The van der Waals surface area contributed by atoms with Crippen LogP contribution in [0, 0.1) is 0 Å². The summed E-state index contributed by atoms with van der Waals surface area (Å²) in [4.78, 5) is 17.8. The summed E-state index contributed by atoms with van der Waals surface area (Å²) in [5.74, 6) is 1.72. The lowest BCUT2D eigenvalue weighted by Crippen LogP contribution is -2.16. The van der Waals surface area contributed by atoms with Crippen molar-refractivity contribution in [1.29, 1.82) is 0 Å². The molecule has 0 unspecified atom stereocenters. The van der Waals surface area contributed by atoms with E-state index >= 15 is 0 Å². The molecule has 0 bridgehead atoms. The number of aromatic nitrogens is 8. The third-order valence-corrected chi connectivity index (χ3v) is 6.53. The maximum absolute atomic E-state index is 13.0. The van der Waals surface area contributed by atoms with Crippen molar-refractivity contribution in [2.45, 2.75) is 32.9 Å². The largest absolute Gasteiger partial charge is 0.470 e. The van der Waals surface area contributed by atoms with Gasteiger partial charge in [-0.05, 0) is 27.5 Å². The smallest absolute Gasteiger partial charge is 0.290 e. The fourth-order valence-electron chi connectivity index (χ4n) is 4.66. The summed E-state index contributed by atoms with van der Waals surface area (Å²) < 4.78 is 7.95. The Balaban J connectivity index is 1.34. The number of imidazole rings is 1. The Morgan fingerprint density at radius 2 is 1.62 bits per heavy atom. The van der Waals surface area contributed by atoms with Crippen LogP contribution in [0.25, 0.3) is 33.5 Å². The van der Waals surface area contributed by atoms with E-state index in [4.69, 9.17) is 9.72 Å². The predicted molar refractivity (Wildman–Crippen MR) is 147 cm³/mol. The predicted octanol–water partition coefficient (Wildman–Crippen LogP) is 4.72. The highest BCUT2D eigenvalue weighted by Crippen LogP contribution is 2.31. The molecule has 6 rings (SSSR count). The molecule has 3 heterocycles. The van der Waals surface area contributed by atoms with Crippen LogP contribution in [0.15, 0.2) is 83.7 Å². The zero-order chi connectivity index (χ0) is 26.8. The Labute approximate surface area is 223 Å². The molecule has 0 fully saturated rings. The molecule has 194 valence electrons. The molecule has 3 aromatic carbocycles. The number of nitrogens with one attached hydrogen (secondary N) is 2. The summed E-state index contributed by atoms with van der Waals surface area (Å²) in [6.45, 7) is 4.91. The average Bonchev–Trinajstić information content (AvgIpc) is 3.63. The molecule has 0 atom stereocenters. The molecule has 0 saturated carbocycles. The highest BCUT2D eigenvalue weighted by Gasteiger charge is 2.21. The SMILES string of the molecule is CC(C)c1nc2c(OCc3ccccc3)n[nH]c(=O)c2n1Cc1ccc(-c2ccccc2-c2nn[nH]n2)cc1. The lowest BCUT2D eigenvalue weighted by molar-refractivity contribution is 0.293. The lowest BCUT2D eigenvalue weighted by atomic mass is 9.98. The molecule has 2 N–H and O–H groups in total. The monoisotopic (exact) mass is 518 g/mol. The zero-order valence-corrected chi connectivity index (χ0v) is 21.5. The van der Waals surface area contributed by atoms with Gasteiger partial charge in [-0.3, -0.25) is 4.79 Å². The number of tetrazole rings is 1. The minimum Gasteiger partial charge on any atom is -0.470 e. The van der Waals surface area contributed by atoms with E-state index in [9.17, 15) is 4.79 Å². The molecule has 10 nitrogen and oxygen atoms in total. The van der Waals surface area contributed by atoms with Crippen LogP contribution in [0.5, 0.6) is 5.88 Å². The number of H-pyrrole nitrogens is 2. The maximum Gasteiger partial charge on any atom is 0.290 e. The minimum absolute atomic E-state index is 0.0832. The number of ether oxygens (including phenoxy) is 1. The van der Waals surface area contributed by atoms with E-state index in [1.54, 1.807) is 0 Å². The van der Waals surface area contributed by atoms with Crippen molar-refractivity contribution in [3.8, 4) is 28.4 Å². The molecular weight excluding hydrogens is 492 g/mol. The Hall–Kier alpha value is -5.12. The Bertz CT molecular complexity index is 1770. The summed E-state index contributed by atoms with van der Waals surface area (Å²) >= 11 is 0. The van der Waals surface area contributed by atoms with Gasteiger partial charge < -0.3 is 9.30 Å². The van der Waals surface area contributed by atoms with Gasteiger partial charge >= 0.3 is 0 Å². The van der Waals surface area contributed by atoms with E-state index in [2.05, 4.69) is 68.9 Å². The first-order valence-electron chi connectivity index (χ1n) is 12.7. The summed E-state index contributed by atoms with van der Waals surface area (Å²) in [7, 11) is 0. The van der Waals surface area contributed by atoms with Crippen LogP contribution >= 0.6 is 0 Å². The molecule has 39 heavy (non-hydrogen) atoms. The van der Waals surface area contributed by atoms with Crippen LogP contribution < -0.4 is 10.3 Å². The summed E-state index contributed by atoms with van der Waals surface area (Å²) in [6, 6.07) is 26.0. The van der Waals surface area contributed by atoms with Crippen LogP contribution in [0.4, 0.5) is 0 Å². The third-order valence-electron chi connectivity index (χ3n) is 6.53. The Morgan fingerprint density at radius 3 is 2.33 bits per heavy atom. The van der Waals surface area contributed by atoms with Crippen LogP contribution in [0.3, 0.4) is 0 Å². The number of rotatable bonds is 8. The van der Waals surface area contributed by atoms with Crippen LogP contribution in [0.2, 0.25) is 0 Å². The highest BCUT2D eigenvalue weighted by atomic mass is 16.5. The molecule has 3 aromatic heterocycles. The molecule has 0 radical (unpaired) electrons. The van der Waals surface area contributed by atoms with Crippen LogP contribution in [-0.2, 0) is 13.2 Å². The van der Waals surface area contributed by atoms with Gasteiger partial charge in [0.25, 0.3) is 11.4 Å².